The van der Waals surface area contributed by atoms with Crippen molar-refractivity contribution in [3.8, 4) is 0 Å². The van der Waals surface area contributed by atoms with Gasteiger partial charge in [-0.1, -0.05) is 18.2 Å². The topological polar surface area (TPSA) is 150 Å². The van der Waals surface area contributed by atoms with Gasteiger partial charge in [-0.25, -0.2) is 0 Å². The van der Waals surface area contributed by atoms with Crippen LogP contribution < -0.4 is 21.5 Å². The number of anilines is 1. The maximum absolute atomic E-state index is 12.6. The van der Waals surface area contributed by atoms with Crippen molar-refractivity contribution in [1.82, 2.24) is 25.5 Å². The smallest absolute Gasteiger partial charge is 0.263 e. The van der Waals surface area contributed by atoms with Crippen LogP contribution in [0, 0.1) is 5.92 Å². The van der Waals surface area contributed by atoms with E-state index in [4.69, 9.17) is 5.73 Å². The van der Waals surface area contributed by atoms with E-state index in [9.17, 15) is 14.4 Å². The molecule has 3 atom stereocenters. The number of aromatic amines is 2. The zero-order chi connectivity index (χ0) is 22.2. The number of nitrogens with one attached hydrogen (secondary N) is 3. The molecule has 1 saturated heterocycles. The summed E-state index contributed by atoms with van der Waals surface area (Å²) >= 11 is 0. The Hall–Kier alpha value is -3.69. The fourth-order valence-corrected chi connectivity index (χ4v) is 5.05. The summed E-state index contributed by atoms with van der Waals surface area (Å²) in [7, 11) is 0. The van der Waals surface area contributed by atoms with E-state index in [1.165, 1.54) is 6.20 Å². The number of benzene rings is 1. The number of amides is 2. The number of nitrogens with zero attached hydrogens (tertiary/aromatic N) is 3. The Kier molecular flexibility index (Phi) is 5.12. The molecule has 1 saturated carbocycles. The molecule has 1 aromatic carbocycles. The highest BCUT2D eigenvalue weighted by Gasteiger charge is 2.42. The van der Waals surface area contributed by atoms with Crippen molar-refractivity contribution >= 4 is 28.8 Å². The summed E-state index contributed by atoms with van der Waals surface area (Å²) in [4.78, 5) is 46.1. The maximum atomic E-state index is 12.6. The molecule has 10 heteroatoms. The summed E-state index contributed by atoms with van der Waals surface area (Å²) in [5.74, 6) is 0.328. The van der Waals surface area contributed by atoms with Crippen LogP contribution in [0.4, 0.5) is 5.95 Å². The van der Waals surface area contributed by atoms with Crippen LogP contribution in [0.1, 0.15) is 41.6 Å². The van der Waals surface area contributed by atoms with Crippen LogP contribution in [-0.2, 0) is 11.2 Å². The van der Waals surface area contributed by atoms with Crippen molar-refractivity contribution in [2.45, 2.75) is 44.2 Å². The molecule has 3 unspecified atom stereocenters. The molecular weight excluding hydrogens is 410 g/mol. The second-order valence-electron chi connectivity index (χ2n) is 8.60. The minimum atomic E-state index is -0.481. The van der Waals surface area contributed by atoms with Crippen LogP contribution in [0.15, 0.2) is 35.3 Å². The lowest BCUT2D eigenvalue weighted by atomic mass is 9.85. The molecule has 2 amide bonds. The van der Waals surface area contributed by atoms with E-state index in [1.807, 2.05) is 12.1 Å². The van der Waals surface area contributed by atoms with Crippen molar-refractivity contribution in [2.75, 3.05) is 11.4 Å². The number of aromatic nitrogens is 4. The molecular formula is C22H25N7O3. The molecule has 0 spiro atoms. The lowest BCUT2D eigenvalue weighted by molar-refractivity contribution is -0.122. The zero-order valence-electron chi connectivity index (χ0n) is 17.5. The number of fused-ring (bicyclic) bond motifs is 3. The van der Waals surface area contributed by atoms with Crippen LogP contribution >= 0.6 is 0 Å². The number of rotatable bonds is 6. The summed E-state index contributed by atoms with van der Waals surface area (Å²) in [6, 6.07) is 7.49. The SMILES string of the molecule is NC(=O)c1ccccc1CCC(=O)NC1CCC2CC1CN2c1nc2[nH]ncc2c(=O)[nH]1. The number of H-pyrrole nitrogens is 2. The normalized spacial score (nSPS) is 22.2. The Morgan fingerprint density at radius 3 is 2.94 bits per heavy atom. The third-order valence-electron chi connectivity index (χ3n) is 6.66. The number of aryl methyl sites for hydroxylation is 1. The molecule has 3 aromatic rings. The largest absolute Gasteiger partial charge is 0.366 e. The quantitative estimate of drug-likeness (QED) is 0.451. The summed E-state index contributed by atoms with van der Waals surface area (Å²) in [6.45, 7) is 0.725. The molecule has 2 fully saturated rings. The Morgan fingerprint density at radius 1 is 1.25 bits per heavy atom. The van der Waals surface area contributed by atoms with Gasteiger partial charge in [0.05, 0.1) is 6.20 Å². The van der Waals surface area contributed by atoms with E-state index in [1.54, 1.807) is 12.1 Å². The van der Waals surface area contributed by atoms with Gasteiger partial charge in [0, 0.05) is 30.6 Å². The van der Waals surface area contributed by atoms with Gasteiger partial charge in [-0.2, -0.15) is 10.1 Å². The molecule has 1 aliphatic carbocycles. The number of carbonyl (C=O) groups is 2. The van der Waals surface area contributed by atoms with Crippen molar-refractivity contribution < 1.29 is 9.59 Å². The molecule has 1 aliphatic heterocycles. The lowest BCUT2D eigenvalue weighted by Gasteiger charge is -2.29. The predicted octanol–water partition coefficient (Wildman–Crippen LogP) is 0.851. The van der Waals surface area contributed by atoms with E-state index >= 15 is 0 Å². The van der Waals surface area contributed by atoms with Crippen molar-refractivity contribution in [3.63, 3.8) is 0 Å². The van der Waals surface area contributed by atoms with Gasteiger partial charge < -0.3 is 16.0 Å². The Bertz CT molecular complexity index is 1230. The van der Waals surface area contributed by atoms with Gasteiger partial charge in [0.15, 0.2) is 5.65 Å². The van der Waals surface area contributed by atoms with Gasteiger partial charge in [0.2, 0.25) is 17.8 Å². The number of primary amides is 1. The van der Waals surface area contributed by atoms with E-state index in [0.717, 1.165) is 31.4 Å². The Labute approximate surface area is 183 Å². The first kappa shape index (κ1) is 20.2. The molecule has 5 N–H and O–H groups in total. The minimum absolute atomic E-state index is 0.0309. The number of hydrogen-bond acceptors (Lipinski definition) is 6. The summed E-state index contributed by atoms with van der Waals surface area (Å²) in [6.07, 6.45) is 4.97. The van der Waals surface area contributed by atoms with E-state index in [-0.39, 0.29) is 17.5 Å². The molecule has 2 bridgehead atoms. The first-order valence-corrected chi connectivity index (χ1v) is 10.9. The fourth-order valence-electron chi connectivity index (χ4n) is 5.05. The van der Waals surface area contributed by atoms with Crippen molar-refractivity contribution in [1.29, 1.82) is 0 Å². The average molecular weight is 435 g/mol. The van der Waals surface area contributed by atoms with Crippen molar-refractivity contribution in [2.24, 2.45) is 11.7 Å². The van der Waals surface area contributed by atoms with Crippen LogP contribution in [0.5, 0.6) is 0 Å². The average Bonchev–Trinajstić information content (AvgIpc) is 3.39. The van der Waals surface area contributed by atoms with Crippen molar-refractivity contribution in [3.05, 3.63) is 51.9 Å². The lowest BCUT2D eigenvalue weighted by Crippen LogP contribution is -2.42. The number of nitrogens with two attached hydrogens (primary N) is 1. The summed E-state index contributed by atoms with van der Waals surface area (Å²) < 4.78 is 0. The Morgan fingerprint density at radius 2 is 2.09 bits per heavy atom. The van der Waals surface area contributed by atoms with Crippen LogP contribution in [0.25, 0.3) is 11.0 Å². The summed E-state index contributed by atoms with van der Waals surface area (Å²) in [5, 5.41) is 10.3. The molecule has 3 heterocycles. The highest BCUT2D eigenvalue weighted by atomic mass is 16.2. The first-order chi connectivity index (χ1) is 15.5. The molecule has 2 aliphatic rings. The van der Waals surface area contributed by atoms with Gasteiger partial charge in [-0.3, -0.25) is 24.5 Å². The minimum Gasteiger partial charge on any atom is -0.366 e. The van der Waals surface area contributed by atoms with Crippen LogP contribution in [0.2, 0.25) is 0 Å². The third-order valence-corrected chi connectivity index (χ3v) is 6.66. The monoisotopic (exact) mass is 435 g/mol. The fraction of sp³-hybridized carbons (Fsp3) is 0.409. The van der Waals surface area contributed by atoms with Crippen LogP contribution in [-0.4, -0.2) is 50.6 Å². The van der Waals surface area contributed by atoms with E-state index < -0.39 is 5.91 Å². The predicted molar refractivity (Wildman–Crippen MR) is 118 cm³/mol. The van der Waals surface area contributed by atoms with Gasteiger partial charge in [-0.15, -0.1) is 0 Å². The highest BCUT2D eigenvalue weighted by Crippen LogP contribution is 2.37. The maximum Gasteiger partial charge on any atom is 0.263 e. The first-order valence-electron chi connectivity index (χ1n) is 10.9. The second-order valence-corrected chi connectivity index (χ2v) is 8.60. The summed E-state index contributed by atoms with van der Waals surface area (Å²) in [5.41, 5.74) is 6.95. The van der Waals surface area contributed by atoms with E-state index in [0.29, 0.717) is 47.3 Å². The van der Waals surface area contributed by atoms with Crippen LogP contribution in [0.3, 0.4) is 0 Å². The van der Waals surface area contributed by atoms with Gasteiger partial charge in [-0.05, 0) is 43.2 Å². The molecule has 166 valence electrons. The standard InChI is InChI=1S/C22H25N7O3/c23-19(31)15-4-2-1-3-12(15)5-8-18(30)25-17-7-6-14-9-13(17)11-29(14)22-26-20-16(10-24-28-20)21(32)27-22/h1-4,10,13-14,17H,5-9,11H2,(H2,23,31)(H,25,30)(H2,24,26,27,28,32). The van der Waals surface area contributed by atoms with Gasteiger partial charge in [0.1, 0.15) is 5.39 Å². The zero-order valence-corrected chi connectivity index (χ0v) is 17.5. The second kappa shape index (κ2) is 8.10. The third kappa shape index (κ3) is 3.72. The number of hydrogen-bond donors (Lipinski definition) is 4. The molecule has 10 nitrogen and oxygen atoms in total. The number of carbonyl (C=O) groups excluding carboxylic acids is 2. The van der Waals surface area contributed by atoms with E-state index in [2.05, 4.69) is 30.4 Å². The van der Waals surface area contributed by atoms with Gasteiger partial charge >= 0.3 is 0 Å². The molecule has 5 rings (SSSR count). The Balaban J connectivity index is 1.22. The molecule has 2 aromatic heterocycles. The molecule has 0 radical (unpaired) electrons. The highest BCUT2D eigenvalue weighted by molar-refractivity contribution is 5.94. The van der Waals surface area contributed by atoms with Gasteiger partial charge in [0.25, 0.3) is 5.56 Å². The molecule has 32 heavy (non-hydrogen) atoms.